The topological polar surface area (TPSA) is 111 Å². The number of likely N-dealkylation sites (tertiary alicyclic amines) is 1. The summed E-state index contributed by atoms with van der Waals surface area (Å²) in [5.74, 6) is -0.596. The van der Waals surface area contributed by atoms with Crippen LogP contribution in [0, 0.1) is 0 Å². The lowest BCUT2D eigenvalue weighted by Crippen LogP contribution is -2.55. The van der Waals surface area contributed by atoms with Gasteiger partial charge in [-0.1, -0.05) is 19.1 Å². The molecule has 10 heteroatoms. The molecule has 3 heterocycles. The highest BCUT2D eigenvalue weighted by atomic mass is 16.5. The lowest BCUT2D eigenvalue weighted by atomic mass is 10.00. The van der Waals surface area contributed by atoms with Gasteiger partial charge in [0.2, 0.25) is 0 Å². The second-order valence-corrected chi connectivity index (χ2v) is 8.63. The number of piperidine rings is 1. The van der Waals surface area contributed by atoms with Gasteiger partial charge in [0.15, 0.2) is 6.10 Å². The van der Waals surface area contributed by atoms with Crippen LogP contribution >= 0.6 is 0 Å². The fourth-order valence-electron chi connectivity index (χ4n) is 4.26. The first-order valence-electron chi connectivity index (χ1n) is 11.1. The molecule has 2 N–H and O–H groups in total. The minimum Gasteiger partial charge on any atom is -0.477 e. The average molecular weight is 444 g/mol. The Hall–Kier alpha value is -3.30. The summed E-state index contributed by atoms with van der Waals surface area (Å²) < 4.78 is 5.97. The van der Waals surface area contributed by atoms with Crippen molar-refractivity contribution in [3.05, 3.63) is 24.3 Å². The predicted octanol–water partition coefficient (Wildman–Crippen LogP) is 1.02. The van der Waals surface area contributed by atoms with Crippen molar-refractivity contribution < 1.29 is 23.9 Å². The zero-order valence-corrected chi connectivity index (χ0v) is 18.4. The molecule has 32 heavy (non-hydrogen) atoms. The normalized spacial score (nSPS) is 25.2. The maximum absolute atomic E-state index is 13.0. The number of benzene rings is 1. The molecule has 10 nitrogen and oxygen atoms in total. The average Bonchev–Trinajstić information content (AvgIpc) is 3.02. The van der Waals surface area contributed by atoms with Gasteiger partial charge in [-0.05, 0) is 44.7 Å². The number of hydrazine groups is 1. The number of ether oxygens (including phenoxy) is 1. The number of rotatable bonds is 5. The lowest BCUT2D eigenvalue weighted by Gasteiger charge is -2.38. The molecule has 0 aromatic heterocycles. The third kappa shape index (κ3) is 4.09. The quantitative estimate of drug-likeness (QED) is 0.658. The summed E-state index contributed by atoms with van der Waals surface area (Å²) in [6.07, 6.45) is 2.75. The van der Waals surface area contributed by atoms with Crippen LogP contribution in [0.2, 0.25) is 0 Å². The molecule has 0 saturated carbocycles. The van der Waals surface area contributed by atoms with Crippen LogP contribution in [0.5, 0.6) is 5.75 Å². The molecule has 0 aliphatic carbocycles. The highest BCUT2D eigenvalue weighted by Crippen LogP contribution is 2.33. The Morgan fingerprint density at radius 1 is 1.19 bits per heavy atom. The maximum atomic E-state index is 13.0. The van der Waals surface area contributed by atoms with Gasteiger partial charge < -0.3 is 19.9 Å². The zero-order valence-electron chi connectivity index (χ0n) is 18.4. The summed E-state index contributed by atoms with van der Waals surface area (Å²) in [5.41, 5.74) is 2.05. The minimum absolute atomic E-state index is 0.0857. The fourth-order valence-corrected chi connectivity index (χ4v) is 4.26. The molecule has 1 aromatic carbocycles. The van der Waals surface area contributed by atoms with Crippen molar-refractivity contribution >= 4 is 29.4 Å². The summed E-state index contributed by atoms with van der Waals surface area (Å²) in [6, 6.07) is 6.55. The number of anilines is 1. The molecule has 3 aliphatic rings. The first-order valence-corrected chi connectivity index (χ1v) is 11.1. The van der Waals surface area contributed by atoms with Crippen LogP contribution in [0.15, 0.2) is 24.3 Å². The number of hydrogen-bond donors (Lipinski definition) is 2. The van der Waals surface area contributed by atoms with Crippen molar-refractivity contribution in [1.82, 2.24) is 20.7 Å². The Morgan fingerprint density at radius 2 is 1.91 bits per heavy atom. The van der Waals surface area contributed by atoms with Crippen molar-refractivity contribution in [2.45, 2.75) is 51.2 Å². The molecule has 5 amide bonds. The van der Waals surface area contributed by atoms with Crippen molar-refractivity contribution in [3.8, 4) is 5.75 Å². The van der Waals surface area contributed by atoms with E-state index in [1.807, 2.05) is 23.1 Å². The Labute approximate surface area is 186 Å². The second kappa shape index (κ2) is 8.68. The first-order chi connectivity index (χ1) is 15.3. The summed E-state index contributed by atoms with van der Waals surface area (Å²) in [5, 5.41) is 3.33. The molecule has 4 rings (SSSR count). The van der Waals surface area contributed by atoms with Crippen molar-refractivity contribution in [2.75, 3.05) is 31.1 Å². The molecule has 2 fully saturated rings. The van der Waals surface area contributed by atoms with Gasteiger partial charge >= 0.3 is 6.03 Å². The monoisotopic (exact) mass is 443 g/mol. The van der Waals surface area contributed by atoms with E-state index in [4.69, 9.17) is 4.74 Å². The predicted molar refractivity (Wildman–Crippen MR) is 116 cm³/mol. The van der Waals surface area contributed by atoms with Gasteiger partial charge in [0.25, 0.3) is 17.7 Å². The molecular weight excluding hydrogens is 414 g/mol. The van der Waals surface area contributed by atoms with Crippen LogP contribution in [0.25, 0.3) is 0 Å². The number of fused-ring (bicyclic) bond motifs is 1. The molecule has 2 saturated heterocycles. The van der Waals surface area contributed by atoms with E-state index in [-0.39, 0.29) is 19.0 Å². The zero-order chi connectivity index (χ0) is 22.9. The number of hydrogen-bond acceptors (Lipinski definition) is 6. The van der Waals surface area contributed by atoms with Gasteiger partial charge in [-0.2, -0.15) is 5.01 Å². The van der Waals surface area contributed by atoms with E-state index in [9.17, 15) is 19.2 Å². The standard InChI is InChI=1S/C22H29N5O5/c1-3-22(2)20(30)27(21(31)23-22)24-18(28)14-26-13-17(19(29)25-11-7-4-8-12-25)32-16-10-6-5-9-15(16)26/h5-6,9-10,17H,3-4,7-8,11-14H2,1-2H3,(H,23,31)(H,24,28)/t17-,22-/m1/s1. The third-order valence-electron chi connectivity index (χ3n) is 6.34. The molecular formula is C22H29N5O5. The smallest absolute Gasteiger partial charge is 0.344 e. The number of carbonyl (C=O) groups is 4. The number of para-hydroxylation sites is 2. The number of urea groups is 1. The number of imide groups is 1. The van der Waals surface area contributed by atoms with E-state index in [1.54, 1.807) is 24.8 Å². The molecule has 172 valence electrons. The molecule has 0 unspecified atom stereocenters. The second-order valence-electron chi connectivity index (χ2n) is 8.63. The molecule has 0 radical (unpaired) electrons. The van der Waals surface area contributed by atoms with Crippen LogP contribution < -0.4 is 20.4 Å². The summed E-state index contributed by atoms with van der Waals surface area (Å²) in [4.78, 5) is 54.1. The Balaban J connectivity index is 1.47. The van der Waals surface area contributed by atoms with Crippen molar-refractivity contribution in [1.29, 1.82) is 0 Å². The minimum atomic E-state index is -1.04. The van der Waals surface area contributed by atoms with Gasteiger partial charge in [0.1, 0.15) is 11.3 Å². The van der Waals surface area contributed by atoms with Gasteiger partial charge in [-0.15, -0.1) is 0 Å². The molecule has 0 bridgehead atoms. The van der Waals surface area contributed by atoms with Gasteiger partial charge in [0.05, 0.1) is 18.8 Å². The van der Waals surface area contributed by atoms with Crippen LogP contribution in [-0.2, 0) is 14.4 Å². The van der Waals surface area contributed by atoms with E-state index in [1.165, 1.54) is 0 Å². The van der Waals surface area contributed by atoms with Crippen molar-refractivity contribution in [2.24, 2.45) is 0 Å². The summed E-state index contributed by atoms with van der Waals surface area (Å²) in [7, 11) is 0. The Kier molecular flexibility index (Phi) is 5.94. The number of nitrogens with one attached hydrogen (secondary N) is 2. The summed E-state index contributed by atoms with van der Waals surface area (Å²) >= 11 is 0. The Morgan fingerprint density at radius 3 is 2.59 bits per heavy atom. The molecule has 3 aliphatic heterocycles. The highest BCUT2D eigenvalue weighted by Gasteiger charge is 2.47. The third-order valence-corrected chi connectivity index (χ3v) is 6.34. The largest absolute Gasteiger partial charge is 0.477 e. The number of amides is 5. The highest BCUT2D eigenvalue weighted by molar-refractivity contribution is 6.07. The molecule has 2 atom stereocenters. The van der Waals surface area contributed by atoms with Gasteiger partial charge in [-0.3, -0.25) is 19.8 Å². The first kappa shape index (κ1) is 21.9. The van der Waals surface area contributed by atoms with E-state index in [2.05, 4.69) is 10.7 Å². The fraction of sp³-hybridized carbons (Fsp3) is 0.545. The molecule has 0 spiro atoms. The Bertz CT molecular complexity index is 931. The van der Waals surface area contributed by atoms with E-state index in [0.717, 1.165) is 24.3 Å². The summed E-state index contributed by atoms with van der Waals surface area (Å²) in [6.45, 7) is 4.89. The van der Waals surface area contributed by atoms with Gasteiger partial charge in [0, 0.05) is 13.1 Å². The van der Waals surface area contributed by atoms with E-state index >= 15 is 0 Å². The number of nitrogens with zero attached hydrogens (tertiary/aromatic N) is 3. The maximum Gasteiger partial charge on any atom is 0.344 e. The van der Waals surface area contributed by atoms with Crippen molar-refractivity contribution in [3.63, 3.8) is 0 Å². The van der Waals surface area contributed by atoms with Crippen LogP contribution in [-0.4, -0.2) is 71.5 Å². The van der Waals surface area contributed by atoms with E-state index < -0.39 is 29.5 Å². The number of carbonyl (C=O) groups excluding carboxylic acids is 4. The lowest BCUT2D eigenvalue weighted by molar-refractivity contribution is -0.139. The SMILES string of the molecule is CC[C@@]1(C)NC(=O)N(NC(=O)CN2C[C@H](C(=O)N3CCCCC3)Oc3ccccc32)C1=O. The van der Waals surface area contributed by atoms with E-state index in [0.29, 0.717) is 30.9 Å². The van der Waals surface area contributed by atoms with Gasteiger partial charge in [-0.25, -0.2) is 4.79 Å². The van der Waals surface area contributed by atoms with Crippen LogP contribution in [0.1, 0.15) is 39.5 Å². The van der Waals surface area contributed by atoms with Crippen LogP contribution in [0.3, 0.4) is 0 Å². The van der Waals surface area contributed by atoms with Crippen LogP contribution in [0.4, 0.5) is 10.5 Å². The molecule has 1 aromatic rings.